The van der Waals surface area contributed by atoms with Crippen molar-refractivity contribution in [2.75, 3.05) is 25.5 Å². The third-order valence-corrected chi connectivity index (χ3v) is 5.80. The summed E-state index contributed by atoms with van der Waals surface area (Å²) in [6.45, 7) is 3.69. The highest BCUT2D eigenvalue weighted by Gasteiger charge is 2.25. The number of hydrogen-bond acceptors (Lipinski definition) is 7. The molecule has 1 aliphatic heterocycles. The van der Waals surface area contributed by atoms with Crippen molar-refractivity contribution in [3.63, 3.8) is 0 Å². The predicted octanol–water partition coefficient (Wildman–Crippen LogP) is 3.39. The Labute approximate surface area is 149 Å². The average molecular weight is 364 g/mol. The minimum atomic E-state index is -0.134. The fourth-order valence-corrected chi connectivity index (χ4v) is 4.50. The number of amides is 1. The standard InChI is InChI=1S/C16H20N4O2S2/c1-11(14(21)20-9-3-4-10-20)23-16-19-18-15(24-16)17-12-5-7-13(22-2)8-6-12/h5-8,11H,3-4,9-10H2,1-2H3,(H,17,18)/t11-/m0/s1. The van der Waals surface area contributed by atoms with Gasteiger partial charge in [-0.05, 0) is 44.0 Å². The van der Waals surface area contributed by atoms with E-state index in [1.807, 2.05) is 36.1 Å². The number of ether oxygens (including phenoxy) is 1. The first-order chi connectivity index (χ1) is 11.7. The lowest BCUT2D eigenvalue weighted by Gasteiger charge is -2.18. The van der Waals surface area contributed by atoms with Crippen LogP contribution in [0.4, 0.5) is 10.8 Å². The van der Waals surface area contributed by atoms with Crippen molar-refractivity contribution in [3.8, 4) is 5.75 Å². The highest BCUT2D eigenvalue weighted by atomic mass is 32.2. The number of likely N-dealkylation sites (tertiary alicyclic amines) is 1. The van der Waals surface area contributed by atoms with Gasteiger partial charge in [0.2, 0.25) is 11.0 Å². The zero-order valence-corrected chi connectivity index (χ0v) is 15.3. The van der Waals surface area contributed by atoms with E-state index in [0.717, 1.165) is 41.7 Å². The lowest BCUT2D eigenvalue weighted by molar-refractivity contribution is -0.129. The fraction of sp³-hybridized carbons (Fsp3) is 0.438. The van der Waals surface area contributed by atoms with Crippen LogP contribution in [0.5, 0.6) is 5.75 Å². The topological polar surface area (TPSA) is 67.3 Å². The zero-order valence-electron chi connectivity index (χ0n) is 13.7. The minimum absolute atomic E-state index is 0.134. The Morgan fingerprint density at radius 2 is 2.00 bits per heavy atom. The van der Waals surface area contributed by atoms with Crippen molar-refractivity contribution in [2.45, 2.75) is 29.4 Å². The number of hydrogen-bond donors (Lipinski definition) is 1. The number of nitrogens with zero attached hydrogens (tertiary/aromatic N) is 3. The first-order valence-corrected chi connectivity index (χ1v) is 9.55. The molecule has 0 spiro atoms. The fourth-order valence-electron chi connectivity index (χ4n) is 2.50. The van der Waals surface area contributed by atoms with E-state index >= 15 is 0 Å². The molecule has 2 aromatic rings. The van der Waals surface area contributed by atoms with Crippen molar-refractivity contribution in [3.05, 3.63) is 24.3 Å². The van der Waals surface area contributed by atoms with E-state index in [0.29, 0.717) is 5.13 Å². The summed E-state index contributed by atoms with van der Waals surface area (Å²) < 4.78 is 5.94. The molecule has 2 heterocycles. The first kappa shape index (κ1) is 17.0. The van der Waals surface area contributed by atoms with Crippen molar-refractivity contribution < 1.29 is 9.53 Å². The largest absolute Gasteiger partial charge is 0.497 e. The quantitative estimate of drug-likeness (QED) is 0.793. The molecule has 24 heavy (non-hydrogen) atoms. The third-order valence-electron chi connectivity index (χ3n) is 3.79. The zero-order chi connectivity index (χ0) is 16.9. The van der Waals surface area contributed by atoms with Crippen molar-refractivity contribution >= 4 is 39.8 Å². The molecule has 0 unspecified atom stereocenters. The van der Waals surface area contributed by atoms with E-state index in [9.17, 15) is 4.79 Å². The van der Waals surface area contributed by atoms with Gasteiger partial charge in [0.05, 0.1) is 12.4 Å². The van der Waals surface area contributed by atoms with Gasteiger partial charge in [0.25, 0.3) is 0 Å². The molecule has 1 atom stereocenters. The van der Waals surface area contributed by atoms with Gasteiger partial charge in [-0.25, -0.2) is 0 Å². The Kier molecular flexibility index (Phi) is 5.57. The third kappa shape index (κ3) is 4.18. The molecule has 3 rings (SSSR count). The van der Waals surface area contributed by atoms with Gasteiger partial charge in [0.15, 0.2) is 4.34 Å². The van der Waals surface area contributed by atoms with Crippen molar-refractivity contribution in [1.29, 1.82) is 0 Å². The van der Waals surface area contributed by atoms with Gasteiger partial charge in [-0.3, -0.25) is 4.79 Å². The van der Waals surface area contributed by atoms with Crippen LogP contribution in [0.15, 0.2) is 28.6 Å². The highest BCUT2D eigenvalue weighted by Crippen LogP contribution is 2.31. The van der Waals surface area contributed by atoms with Gasteiger partial charge in [0.1, 0.15) is 5.75 Å². The summed E-state index contributed by atoms with van der Waals surface area (Å²) in [5.41, 5.74) is 0.921. The average Bonchev–Trinajstić information content (AvgIpc) is 3.27. The molecule has 0 bridgehead atoms. The smallest absolute Gasteiger partial charge is 0.235 e. The van der Waals surface area contributed by atoms with E-state index in [-0.39, 0.29) is 11.2 Å². The van der Waals surface area contributed by atoms with Crippen LogP contribution in [-0.4, -0.2) is 46.5 Å². The maximum atomic E-state index is 12.3. The molecule has 6 nitrogen and oxygen atoms in total. The molecule has 8 heteroatoms. The predicted molar refractivity (Wildman–Crippen MR) is 97.3 cm³/mol. The molecular weight excluding hydrogens is 344 g/mol. The van der Waals surface area contributed by atoms with Crippen LogP contribution in [0.2, 0.25) is 0 Å². The summed E-state index contributed by atoms with van der Waals surface area (Å²) in [5.74, 6) is 1.00. The van der Waals surface area contributed by atoms with E-state index in [1.54, 1.807) is 7.11 Å². The summed E-state index contributed by atoms with van der Waals surface area (Å²) in [5, 5.41) is 12.1. The Morgan fingerprint density at radius 3 is 2.67 bits per heavy atom. The number of benzene rings is 1. The Bertz CT molecular complexity index is 684. The molecule has 1 aromatic heterocycles. The summed E-state index contributed by atoms with van der Waals surface area (Å²) in [7, 11) is 1.64. The minimum Gasteiger partial charge on any atom is -0.497 e. The number of thioether (sulfide) groups is 1. The van der Waals surface area contributed by atoms with Crippen LogP contribution in [0.3, 0.4) is 0 Å². The molecule has 1 fully saturated rings. The number of anilines is 2. The Morgan fingerprint density at radius 1 is 1.29 bits per heavy atom. The molecule has 1 N–H and O–H groups in total. The maximum Gasteiger partial charge on any atom is 0.235 e. The molecule has 1 amide bonds. The van der Waals surface area contributed by atoms with Crippen LogP contribution in [0, 0.1) is 0 Å². The lowest BCUT2D eigenvalue weighted by Crippen LogP contribution is -2.33. The van der Waals surface area contributed by atoms with Crippen LogP contribution in [0.1, 0.15) is 19.8 Å². The van der Waals surface area contributed by atoms with Crippen LogP contribution >= 0.6 is 23.1 Å². The monoisotopic (exact) mass is 364 g/mol. The van der Waals surface area contributed by atoms with Crippen LogP contribution in [-0.2, 0) is 4.79 Å². The Hall–Kier alpha value is -1.80. The maximum absolute atomic E-state index is 12.3. The van der Waals surface area contributed by atoms with Gasteiger partial charge in [0, 0.05) is 18.8 Å². The van der Waals surface area contributed by atoms with E-state index < -0.39 is 0 Å². The van der Waals surface area contributed by atoms with Gasteiger partial charge in [-0.1, -0.05) is 23.1 Å². The molecule has 1 saturated heterocycles. The number of rotatable bonds is 6. The van der Waals surface area contributed by atoms with Crippen molar-refractivity contribution in [2.24, 2.45) is 0 Å². The van der Waals surface area contributed by atoms with Crippen molar-refractivity contribution in [1.82, 2.24) is 15.1 Å². The second-order valence-electron chi connectivity index (χ2n) is 5.52. The summed E-state index contributed by atoms with van der Waals surface area (Å²) in [6, 6.07) is 7.62. The molecule has 1 aromatic carbocycles. The second kappa shape index (κ2) is 7.85. The normalized spacial score (nSPS) is 15.3. The van der Waals surface area contributed by atoms with Gasteiger partial charge < -0.3 is 15.0 Å². The number of nitrogens with one attached hydrogen (secondary N) is 1. The molecular formula is C16H20N4O2S2. The highest BCUT2D eigenvalue weighted by molar-refractivity contribution is 8.02. The SMILES string of the molecule is COc1ccc(Nc2nnc(S[C@@H](C)C(=O)N3CCCC3)s2)cc1. The summed E-state index contributed by atoms with van der Waals surface area (Å²) in [6.07, 6.45) is 2.22. The molecule has 128 valence electrons. The molecule has 0 saturated carbocycles. The van der Waals surface area contributed by atoms with Gasteiger partial charge in [-0.2, -0.15) is 0 Å². The van der Waals surface area contributed by atoms with Gasteiger partial charge >= 0.3 is 0 Å². The van der Waals surface area contributed by atoms with Crippen LogP contribution in [0.25, 0.3) is 0 Å². The summed E-state index contributed by atoms with van der Waals surface area (Å²) in [4.78, 5) is 14.3. The van der Waals surface area contributed by atoms with E-state index in [1.165, 1.54) is 23.1 Å². The molecule has 1 aliphatic rings. The van der Waals surface area contributed by atoms with E-state index in [4.69, 9.17) is 4.74 Å². The molecule has 0 aliphatic carbocycles. The second-order valence-corrected chi connectivity index (χ2v) is 8.08. The van der Waals surface area contributed by atoms with Gasteiger partial charge in [-0.15, -0.1) is 10.2 Å². The number of carbonyl (C=O) groups is 1. The number of aromatic nitrogens is 2. The van der Waals surface area contributed by atoms with Crippen LogP contribution < -0.4 is 10.1 Å². The molecule has 0 radical (unpaired) electrons. The number of methoxy groups -OCH3 is 1. The Balaban J connectivity index is 1.57. The first-order valence-electron chi connectivity index (χ1n) is 7.86. The van der Waals surface area contributed by atoms with E-state index in [2.05, 4.69) is 15.5 Å². The number of carbonyl (C=O) groups excluding carboxylic acids is 1. The lowest BCUT2D eigenvalue weighted by atomic mass is 10.3. The summed E-state index contributed by atoms with van der Waals surface area (Å²) >= 11 is 2.92.